The van der Waals surface area contributed by atoms with E-state index in [9.17, 15) is 14.4 Å². The summed E-state index contributed by atoms with van der Waals surface area (Å²) >= 11 is 1.40. The van der Waals surface area contributed by atoms with Crippen LogP contribution in [-0.4, -0.2) is 43.6 Å². The third-order valence-corrected chi connectivity index (χ3v) is 10.9. The van der Waals surface area contributed by atoms with Crippen LogP contribution in [0.25, 0.3) is 27.9 Å². The average molecular weight is 791 g/mol. The summed E-state index contributed by atoms with van der Waals surface area (Å²) in [6, 6.07) is 43.2. The Kier molecular flexibility index (Phi) is 12.1. The van der Waals surface area contributed by atoms with Crippen molar-refractivity contribution >= 4 is 68.7 Å². The Labute approximate surface area is 340 Å². The molecule has 7 rings (SSSR count). The first kappa shape index (κ1) is 39.3. The number of anilines is 2. The minimum Gasteiger partial charge on any atom is -0.493 e. The number of aryl methyl sites for hydroxylation is 1. The van der Waals surface area contributed by atoms with E-state index in [1.165, 1.54) is 39.2 Å². The van der Waals surface area contributed by atoms with Gasteiger partial charge >= 0.3 is 0 Å². The van der Waals surface area contributed by atoms with Crippen LogP contribution in [0.15, 0.2) is 150 Å². The van der Waals surface area contributed by atoms with Crippen molar-refractivity contribution in [3.8, 4) is 17.2 Å². The Morgan fingerprint density at radius 2 is 1.29 bits per heavy atom. The van der Waals surface area contributed by atoms with Crippen LogP contribution in [0.4, 0.5) is 11.4 Å². The first-order chi connectivity index (χ1) is 28.3. The molecule has 58 heavy (non-hydrogen) atoms. The quantitative estimate of drug-likeness (QED) is 0.0742. The maximum Gasteiger partial charge on any atom is 0.272 e. The molecule has 6 aromatic carbocycles. The van der Waals surface area contributed by atoms with Gasteiger partial charge < -0.3 is 34.7 Å². The van der Waals surface area contributed by atoms with Crippen molar-refractivity contribution < 1.29 is 28.6 Å². The zero-order valence-electron chi connectivity index (χ0n) is 32.4. The molecular weight excluding hydrogens is 749 g/mol. The number of aromatic nitrogens is 1. The number of hydrogen-bond donors (Lipinski definition) is 3. The van der Waals surface area contributed by atoms with E-state index in [0.717, 1.165) is 38.8 Å². The second kappa shape index (κ2) is 17.9. The maximum absolute atomic E-state index is 14.1. The lowest BCUT2D eigenvalue weighted by molar-refractivity contribution is -0.116. The SMILES string of the molecule is CCn1c2ccccc2c2cc(NC(=O)C(Sc3ccc(NC(=O)/C(=C/c4cc(OC)c(OC)c(OC)c4)NC(=O)c4ccccc4)cc3)c3ccccc3)ccc21. The zero-order valence-corrected chi connectivity index (χ0v) is 33.3. The number of thioether (sulfide) groups is 1. The predicted octanol–water partition coefficient (Wildman–Crippen LogP) is 9.72. The lowest BCUT2D eigenvalue weighted by Crippen LogP contribution is -2.30. The van der Waals surface area contributed by atoms with Crippen molar-refractivity contribution in [2.75, 3.05) is 32.0 Å². The normalized spacial score (nSPS) is 11.8. The molecule has 0 spiro atoms. The van der Waals surface area contributed by atoms with Gasteiger partial charge in [-0.15, -0.1) is 11.8 Å². The Hall–Kier alpha value is -6.98. The van der Waals surface area contributed by atoms with Crippen LogP contribution in [0.1, 0.15) is 33.7 Å². The second-order valence-corrected chi connectivity index (χ2v) is 14.4. The van der Waals surface area contributed by atoms with Crippen molar-refractivity contribution in [1.82, 2.24) is 9.88 Å². The first-order valence-electron chi connectivity index (χ1n) is 18.6. The van der Waals surface area contributed by atoms with E-state index in [0.29, 0.717) is 39.8 Å². The molecule has 0 radical (unpaired) electrons. The summed E-state index contributed by atoms with van der Waals surface area (Å²) in [4.78, 5) is 42.0. The summed E-state index contributed by atoms with van der Waals surface area (Å²) in [5, 5.41) is 10.5. The Balaban J connectivity index is 1.12. The van der Waals surface area contributed by atoms with E-state index < -0.39 is 17.1 Å². The highest BCUT2D eigenvalue weighted by Crippen LogP contribution is 2.40. The highest BCUT2D eigenvalue weighted by atomic mass is 32.2. The van der Waals surface area contributed by atoms with Gasteiger partial charge in [-0.1, -0.05) is 66.7 Å². The molecule has 1 heterocycles. The molecular formula is C47H42N4O6S. The van der Waals surface area contributed by atoms with Gasteiger partial charge in [0.1, 0.15) is 10.9 Å². The molecule has 7 aromatic rings. The van der Waals surface area contributed by atoms with Crippen LogP contribution in [-0.2, 0) is 16.1 Å². The van der Waals surface area contributed by atoms with Crippen molar-refractivity contribution in [3.05, 3.63) is 162 Å². The lowest BCUT2D eigenvalue weighted by atomic mass is 10.1. The fraction of sp³-hybridized carbons (Fsp3) is 0.128. The van der Waals surface area contributed by atoms with Gasteiger partial charge in [-0.05, 0) is 96.9 Å². The zero-order chi connectivity index (χ0) is 40.6. The van der Waals surface area contributed by atoms with Crippen LogP contribution >= 0.6 is 11.8 Å². The number of benzene rings is 6. The number of ether oxygens (including phenoxy) is 3. The summed E-state index contributed by atoms with van der Waals surface area (Å²) in [6.07, 6.45) is 1.54. The Morgan fingerprint density at radius 3 is 1.95 bits per heavy atom. The molecule has 0 saturated carbocycles. The van der Waals surface area contributed by atoms with Gasteiger partial charge in [-0.2, -0.15) is 0 Å². The summed E-state index contributed by atoms with van der Waals surface area (Å²) in [6.45, 7) is 2.97. The third-order valence-electron chi connectivity index (χ3n) is 9.59. The standard InChI is InChI=1S/C47H42N4O6S/c1-5-51-39-19-13-12-18-36(39)37-29-34(22-25-40(37)51)49-47(54)44(31-14-8-6-9-15-31)58-35-23-20-33(21-24-35)48-46(53)38(50-45(52)32-16-10-7-11-17-32)26-30-27-41(55-2)43(57-4)42(28-30)56-3/h6-29,44H,5H2,1-4H3,(H,48,53)(H,49,54)(H,50,52)/b38-26-. The summed E-state index contributed by atoms with van der Waals surface area (Å²) in [5.41, 5.74) is 5.22. The number of nitrogens with one attached hydrogen (secondary N) is 3. The third kappa shape index (κ3) is 8.54. The minimum atomic E-state index is -0.574. The number of para-hydroxylation sites is 1. The van der Waals surface area contributed by atoms with Crippen molar-refractivity contribution in [3.63, 3.8) is 0 Å². The van der Waals surface area contributed by atoms with Crippen LogP contribution < -0.4 is 30.2 Å². The topological polar surface area (TPSA) is 120 Å². The fourth-order valence-corrected chi connectivity index (χ4v) is 7.85. The van der Waals surface area contributed by atoms with E-state index in [1.807, 2.05) is 66.7 Å². The summed E-state index contributed by atoms with van der Waals surface area (Å²) < 4.78 is 18.7. The first-order valence-corrected chi connectivity index (χ1v) is 19.5. The van der Waals surface area contributed by atoms with E-state index in [-0.39, 0.29) is 11.6 Å². The average Bonchev–Trinajstić information content (AvgIpc) is 3.58. The fourth-order valence-electron chi connectivity index (χ4n) is 6.83. The van der Waals surface area contributed by atoms with Gasteiger partial charge in [-0.3, -0.25) is 14.4 Å². The number of hydrogen-bond acceptors (Lipinski definition) is 7. The Bertz CT molecular complexity index is 2600. The van der Waals surface area contributed by atoms with Crippen LogP contribution in [0.5, 0.6) is 17.2 Å². The van der Waals surface area contributed by atoms with Crippen LogP contribution in [0, 0.1) is 0 Å². The number of amides is 3. The highest BCUT2D eigenvalue weighted by molar-refractivity contribution is 8.00. The van der Waals surface area contributed by atoms with E-state index >= 15 is 0 Å². The van der Waals surface area contributed by atoms with Crippen molar-refractivity contribution in [1.29, 1.82) is 0 Å². The van der Waals surface area contributed by atoms with Gasteiger partial charge in [0.15, 0.2) is 11.5 Å². The predicted molar refractivity (Wildman–Crippen MR) is 232 cm³/mol. The molecule has 0 aliphatic rings. The second-order valence-electron chi connectivity index (χ2n) is 13.2. The van der Waals surface area contributed by atoms with Gasteiger partial charge in [0.2, 0.25) is 11.7 Å². The van der Waals surface area contributed by atoms with Crippen LogP contribution in [0.2, 0.25) is 0 Å². The van der Waals surface area contributed by atoms with E-state index in [2.05, 4.69) is 45.6 Å². The number of nitrogens with zero attached hydrogens (tertiary/aromatic N) is 1. The number of rotatable bonds is 14. The minimum absolute atomic E-state index is 0.0140. The molecule has 3 N–H and O–H groups in total. The van der Waals surface area contributed by atoms with Gasteiger partial charge in [0.25, 0.3) is 11.8 Å². The summed E-state index contributed by atoms with van der Waals surface area (Å²) in [7, 11) is 4.50. The molecule has 1 aromatic heterocycles. The van der Waals surface area contributed by atoms with Gasteiger partial charge in [0.05, 0.1) is 21.3 Å². The van der Waals surface area contributed by atoms with E-state index in [1.54, 1.807) is 54.6 Å². The molecule has 0 aliphatic heterocycles. The monoisotopic (exact) mass is 790 g/mol. The maximum atomic E-state index is 14.1. The number of carbonyl (C=O) groups is 3. The molecule has 0 saturated heterocycles. The van der Waals surface area contributed by atoms with Gasteiger partial charge in [0, 0.05) is 50.2 Å². The molecule has 1 atom stereocenters. The van der Waals surface area contributed by atoms with Crippen molar-refractivity contribution in [2.45, 2.75) is 23.6 Å². The largest absolute Gasteiger partial charge is 0.493 e. The molecule has 3 amide bonds. The van der Waals surface area contributed by atoms with Crippen molar-refractivity contribution in [2.24, 2.45) is 0 Å². The molecule has 292 valence electrons. The highest BCUT2D eigenvalue weighted by Gasteiger charge is 2.23. The molecule has 0 aliphatic carbocycles. The number of methoxy groups -OCH3 is 3. The molecule has 1 unspecified atom stereocenters. The van der Waals surface area contributed by atoms with Gasteiger partial charge in [-0.25, -0.2) is 0 Å². The van der Waals surface area contributed by atoms with E-state index in [4.69, 9.17) is 14.2 Å². The molecule has 0 bridgehead atoms. The summed E-state index contributed by atoms with van der Waals surface area (Å²) in [5.74, 6) is -0.0106. The Morgan fingerprint density at radius 1 is 0.672 bits per heavy atom. The smallest absolute Gasteiger partial charge is 0.272 e. The molecule has 0 fully saturated rings. The molecule has 11 heteroatoms. The number of carbonyl (C=O) groups excluding carboxylic acids is 3. The number of fused-ring (bicyclic) bond motifs is 3. The molecule has 10 nitrogen and oxygen atoms in total. The lowest BCUT2D eigenvalue weighted by Gasteiger charge is -2.18. The van der Waals surface area contributed by atoms with Crippen LogP contribution in [0.3, 0.4) is 0 Å².